The van der Waals surface area contributed by atoms with Gasteiger partial charge in [0.05, 0.1) is 5.69 Å². The van der Waals surface area contributed by atoms with Crippen LogP contribution in [0, 0.1) is 0 Å². The van der Waals surface area contributed by atoms with Crippen LogP contribution >= 0.6 is 0 Å². The Morgan fingerprint density at radius 1 is 0.789 bits per heavy atom. The molecule has 0 saturated carbocycles. The number of hydrogen-bond donors (Lipinski definition) is 0. The standard InChI is InChI=1S/C18H15N/c1-19-17-9-5-3-7-14(17)12-15-11-10-13-6-2-4-8-16(13)18(15)19/h2-11H,12H2,1H3. The molecule has 1 heterocycles. The number of benzene rings is 3. The molecular formula is C18H15N. The van der Waals surface area contributed by atoms with Crippen LogP contribution in [0.1, 0.15) is 11.1 Å². The van der Waals surface area contributed by atoms with Crippen LogP contribution in [0.15, 0.2) is 60.7 Å². The summed E-state index contributed by atoms with van der Waals surface area (Å²) in [6.45, 7) is 0. The first-order chi connectivity index (χ1) is 9.34. The largest absolute Gasteiger partial charge is 0.344 e. The molecule has 1 heteroatoms. The summed E-state index contributed by atoms with van der Waals surface area (Å²) in [4.78, 5) is 2.33. The second-order valence-electron chi connectivity index (χ2n) is 5.16. The maximum atomic E-state index is 2.33. The first-order valence-corrected chi connectivity index (χ1v) is 6.67. The highest BCUT2D eigenvalue weighted by Crippen LogP contribution is 2.41. The summed E-state index contributed by atoms with van der Waals surface area (Å²) in [6.07, 6.45) is 1.03. The number of nitrogens with zero attached hydrogens (tertiary/aromatic N) is 1. The lowest BCUT2D eigenvalue weighted by molar-refractivity contribution is 1.06. The van der Waals surface area contributed by atoms with Crippen LogP contribution in [0.2, 0.25) is 0 Å². The van der Waals surface area contributed by atoms with Crippen molar-refractivity contribution in [3.63, 3.8) is 0 Å². The SMILES string of the molecule is CN1c2ccccc2Cc2ccc3ccccc3c21. The molecule has 0 amide bonds. The lowest BCUT2D eigenvalue weighted by Crippen LogP contribution is -2.18. The molecule has 0 aromatic heterocycles. The summed E-state index contributed by atoms with van der Waals surface area (Å²) in [5.74, 6) is 0. The van der Waals surface area contributed by atoms with Gasteiger partial charge in [-0.25, -0.2) is 0 Å². The molecule has 0 fully saturated rings. The van der Waals surface area contributed by atoms with Gasteiger partial charge in [-0.2, -0.15) is 0 Å². The van der Waals surface area contributed by atoms with Crippen molar-refractivity contribution < 1.29 is 0 Å². The van der Waals surface area contributed by atoms with Gasteiger partial charge in [-0.15, -0.1) is 0 Å². The molecule has 19 heavy (non-hydrogen) atoms. The van der Waals surface area contributed by atoms with E-state index in [1.54, 1.807) is 0 Å². The predicted octanol–water partition coefficient (Wildman–Crippen LogP) is 4.51. The van der Waals surface area contributed by atoms with Crippen LogP contribution in [0.3, 0.4) is 0 Å². The Bertz CT molecular complexity index is 773. The molecule has 0 radical (unpaired) electrons. The van der Waals surface area contributed by atoms with E-state index in [2.05, 4.69) is 72.6 Å². The minimum absolute atomic E-state index is 1.03. The Hall–Kier alpha value is -2.28. The van der Waals surface area contributed by atoms with Crippen molar-refractivity contribution >= 4 is 22.1 Å². The molecule has 0 N–H and O–H groups in total. The molecule has 0 saturated heterocycles. The van der Waals surface area contributed by atoms with E-state index in [0.717, 1.165) is 6.42 Å². The average molecular weight is 245 g/mol. The molecule has 3 aromatic carbocycles. The van der Waals surface area contributed by atoms with Gasteiger partial charge in [0.25, 0.3) is 0 Å². The lowest BCUT2D eigenvalue weighted by Gasteiger charge is -2.31. The first kappa shape index (κ1) is 10.6. The topological polar surface area (TPSA) is 3.24 Å². The quantitative estimate of drug-likeness (QED) is 0.563. The highest BCUT2D eigenvalue weighted by Gasteiger charge is 2.20. The van der Waals surface area contributed by atoms with Crippen molar-refractivity contribution in [3.8, 4) is 0 Å². The maximum absolute atomic E-state index is 2.33. The van der Waals surface area contributed by atoms with Gasteiger partial charge in [-0.3, -0.25) is 0 Å². The maximum Gasteiger partial charge on any atom is 0.0523 e. The van der Waals surface area contributed by atoms with Gasteiger partial charge < -0.3 is 4.90 Å². The van der Waals surface area contributed by atoms with E-state index in [0.29, 0.717) is 0 Å². The zero-order chi connectivity index (χ0) is 12.8. The van der Waals surface area contributed by atoms with E-state index < -0.39 is 0 Å². The first-order valence-electron chi connectivity index (χ1n) is 6.67. The van der Waals surface area contributed by atoms with Gasteiger partial charge in [0, 0.05) is 24.5 Å². The van der Waals surface area contributed by atoms with Crippen LogP contribution in [0.4, 0.5) is 11.4 Å². The highest BCUT2D eigenvalue weighted by molar-refractivity contribution is 5.99. The third kappa shape index (κ3) is 1.48. The summed E-state index contributed by atoms with van der Waals surface area (Å²) in [7, 11) is 2.17. The fourth-order valence-corrected chi connectivity index (χ4v) is 3.15. The monoisotopic (exact) mass is 245 g/mol. The Morgan fingerprint density at radius 2 is 1.58 bits per heavy atom. The fraction of sp³-hybridized carbons (Fsp3) is 0.111. The minimum atomic E-state index is 1.03. The molecule has 3 aromatic rings. The Morgan fingerprint density at radius 3 is 2.53 bits per heavy atom. The summed E-state index contributed by atoms with van der Waals surface area (Å²) >= 11 is 0. The minimum Gasteiger partial charge on any atom is -0.344 e. The van der Waals surface area contributed by atoms with Gasteiger partial charge in [0.15, 0.2) is 0 Å². The van der Waals surface area contributed by atoms with Gasteiger partial charge in [0.2, 0.25) is 0 Å². The molecule has 0 atom stereocenters. The summed E-state index contributed by atoms with van der Waals surface area (Å²) in [5.41, 5.74) is 5.51. The van der Waals surface area contributed by atoms with Crippen LogP contribution in [-0.4, -0.2) is 7.05 Å². The van der Waals surface area contributed by atoms with E-state index in [-0.39, 0.29) is 0 Å². The van der Waals surface area contributed by atoms with E-state index in [1.807, 2.05) is 0 Å². The van der Waals surface area contributed by atoms with Crippen LogP contribution < -0.4 is 4.90 Å². The molecule has 1 aliphatic heterocycles. The Balaban J connectivity index is 2.04. The molecule has 4 rings (SSSR count). The number of anilines is 2. The number of fused-ring (bicyclic) bond motifs is 4. The Kier molecular flexibility index (Phi) is 2.16. The highest BCUT2D eigenvalue weighted by atomic mass is 15.1. The van der Waals surface area contributed by atoms with E-state index in [1.165, 1.54) is 33.3 Å². The lowest BCUT2D eigenvalue weighted by atomic mass is 9.93. The van der Waals surface area contributed by atoms with Crippen LogP contribution in [0.25, 0.3) is 10.8 Å². The molecular weight excluding hydrogens is 230 g/mol. The van der Waals surface area contributed by atoms with Crippen molar-refractivity contribution in [2.45, 2.75) is 6.42 Å². The van der Waals surface area contributed by atoms with Crippen molar-refractivity contribution in [2.24, 2.45) is 0 Å². The number of para-hydroxylation sites is 1. The second kappa shape index (κ2) is 3.86. The molecule has 1 nitrogen and oxygen atoms in total. The van der Waals surface area contributed by atoms with Crippen molar-refractivity contribution in [1.82, 2.24) is 0 Å². The van der Waals surface area contributed by atoms with Crippen molar-refractivity contribution in [3.05, 3.63) is 71.8 Å². The van der Waals surface area contributed by atoms with E-state index in [9.17, 15) is 0 Å². The summed E-state index contributed by atoms with van der Waals surface area (Å²) < 4.78 is 0. The van der Waals surface area contributed by atoms with E-state index in [4.69, 9.17) is 0 Å². The third-order valence-corrected chi connectivity index (χ3v) is 4.05. The molecule has 0 bridgehead atoms. The number of rotatable bonds is 0. The molecule has 1 aliphatic rings. The van der Waals surface area contributed by atoms with E-state index >= 15 is 0 Å². The van der Waals surface area contributed by atoms with Gasteiger partial charge >= 0.3 is 0 Å². The fourth-order valence-electron chi connectivity index (χ4n) is 3.15. The van der Waals surface area contributed by atoms with Crippen molar-refractivity contribution in [1.29, 1.82) is 0 Å². The zero-order valence-electron chi connectivity index (χ0n) is 10.9. The second-order valence-corrected chi connectivity index (χ2v) is 5.16. The molecule has 0 aliphatic carbocycles. The number of hydrogen-bond acceptors (Lipinski definition) is 1. The van der Waals surface area contributed by atoms with Gasteiger partial charge in [-0.05, 0) is 22.6 Å². The summed E-state index contributed by atoms with van der Waals surface area (Å²) in [5, 5.41) is 2.66. The van der Waals surface area contributed by atoms with Crippen LogP contribution in [-0.2, 0) is 6.42 Å². The van der Waals surface area contributed by atoms with Gasteiger partial charge in [-0.1, -0.05) is 54.6 Å². The van der Waals surface area contributed by atoms with Crippen molar-refractivity contribution in [2.75, 3.05) is 11.9 Å². The predicted molar refractivity (Wildman–Crippen MR) is 81.3 cm³/mol. The molecule has 92 valence electrons. The smallest absolute Gasteiger partial charge is 0.0523 e. The van der Waals surface area contributed by atoms with Gasteiger partial charge in [0.1, 0.15) is 0 Å². The Labute approximate surface area is 113 Å². The zero-order valence-corrected chi connectivity index (χ0v) is 10.9. The van der Waals surface area contributed by atoms with Crippen LogP contribution in [0.5, 0.6) is 0 Å². The normalized spacial score (nSPS) is 13.2. The molecule has 0 unspecified atom stereocenters. The third-order valence-electron chi connectivity index (χ3n) is 4.05. The summed E-state index contributed by atoms with van der Waals surface area (Å²) in [6, 6.07) is 21.8. The average Bonchev–Trinajstić information content (AvgIpc) is 2.47. The molecule has 0 spiro atoms.